The first-order chi connectivity index (χ1) is 9.24. The number of carbonyl (C=O) groups is 1. The lowest BCUT2D eigenvalue weighted by Crippen LogP contribution is -2.33. The number of anilines is 2. The molecule has 1 amide bonds. The zero-order valence-electron chi connectivity index (χ0n) is 10.6. The van der Waals surface area contributed by atoms with Gasteiger partial charge in [-0.3, -0.25) is 4.79 Å². The average molecular weight is 293 g/mol. The Hall–Kier alpha value is -2.07. The van der Waals surface area contributed by atoms with E-state index in [2.05, 4.69) is 10.6 Å². The van der Waals surface area contributed by atoms with Crippen LogP contribution in [0.2, 0.25) is 0 Å². The van der Waals surface area contributed by atoms with E-state index in [1.807, 2.05) is 24.3 Å². The zero-order valence-corrected chi connectivity index (χ0v) is 11.4. The van der Waals surface area contributed by atoms with Crippen molar-refractivity contribution in [3.05, 3.63) is 59.9 Å². The number of hydrogen-bond acceptors (Lipinski definition) is 2. The second kappa shape index (κ2) is 5.92. The molecule has 104 valence electrons. The molecule has 2 N–H and O–H groups in total. The Bertz CT molecular complexity index is 608. The molecule has 3 rings (SSSR count). The van der Waals surface area contributed by atoms with Crippen molar-refractivity contribution in [3.63, 3.8) is 0 Å². The highest BCUT2D eigenvalue weighted by Gasteiger charge is 2.26. The summed E-state index contributed by atoms with van der Waals surface area (Å²) in [4.78, 5) is 12.1. The van der Waals surface area contributed by atoms with Gasteiger partial charge in [0.05, 0.1) is 5.69 Å². The van der Waals surface area contributed by atoms with Crippen molar-refractivity contribution in [1.29, 1.82) is 0 Å². The SMILES string of the molecule is Cl.O=C(Nc1ccccc1F)C1Cc2ccccc2N1. The molecule has 2 aromatic carbocycles. The number of halogens is 2. The van der Waals surface area contributed by atoms with Gasteiger partial charge in [-0.15, -0.1) is 12.4 Å². The van der Waals surface area contributed by atoms with E-state index >= 15 is 0 Å². The fraction of sp³-hybridized carbons (Fsp3) is 0.133. The van der Waals surface area contributed by atoms with Crippen molar-refractivity contribution in [2.24, 2.45) is 0 Å². The van der Waals surface area contributed by atoms with Crippen LogP contribution in [0.5, 0.6) is 0 Å². The van der Waals surface area contributed by atoms with E-state index in [1.54, 1.807) is 18.2 Å². The first-order valence-corrected chi connectivity index (χ1v) is 6.14. The number of hydrogen-bond donors (Lipinski definition) is 2. The molecule has 1 aliphatic heterocycles. The van der Waals surface area contributed by atoms with Gasteiger partial charge >= 0.3 is 0 Å². The van der Waals surface area contributed by atoms with Crippen molar-refractivity contribution >= 4 is 29.7 Å². The van der Waals surface area contributed by atoms with Gasteiger partial charge in [-0.25, -0.2) is 4.39 Å². The highest BCUT2D eigenvalue weighted by atomic mass is 35.5. The fourth-order valence-corrected chi connectivity index (χ4v) is 2.24. The maximum absolute atomic E-state index is 13.5. The maximum atomic E-state index is 13.5. The summed E-state index contributed by atoms with van der Waals surface area (Å²) in [5.41, 5.74) is 2.29. The molecule has 0 aliphatic carbocycles. The van der Waals surface area contributed by atoms with Gasteiger partial charge in [0, 0.05) is 12.1 Å². The van der Waals surface area contributed by atoms with Crippen LogP contribution >= 0.6 is 12.4 Å². The van der Waals surface area contributed by atoms with Gasteiger partial charge in [-0.05, 0) is 23.8 Å². The molecular formula is C15H14ClFN2O. The molecule has 0 bridgehead atoms. The van der Waals surface area contributed by atoms with Gasteiger partial charge in [0.15, 0.2) is 0 Å². The van der Waals surface area contributed by atoms with Crippen LogP contribution in [-0.4, -0.2) is 11.9 Å². The first kappa shape index (κ1) is 14.3. The van der Waals surface area contributed by atoms with Crippen molar-refractivity contribution in [1.82, 2.24) is 0 Å². The molecule has 1 aliphatic rings. The Morgan fingerprint density at radius 1 is 1.15 bits per heavy atom. The highest BCUT2D eigenvalue weighted by Crippen LogP contribution is 2.26. The molecule has 1 heterocycles. The van der Waals surface area contributed by atoms with Crippen LogP contribution in [-0.2, 0) is 11.2 Å². The number of para-hydroxylation sites is 2. The van der Waals surface area contributed by atoms with E-state index in [0.717, 1.165) is 11.3 Å². The summed E-state index contributed by atoms with van der Waals surface area (Å²) < 4.78 is 13.5. The Balaban J connectivity index is 0.00000147. The molecule has 0 radical (unpaired) electrons. The summed E-state index contributed by atoms with van der Waals surface area (Å²) >= 11 is 0. The molecule has 1 unspecified atom stereocenters. The second-order valence-corrected chi connectivity index (χ2v) is 4.53. The van der Waals surface area contributed by atoms with E-state index in [-0.39, 0.29) is 30.0 Å². The van der Waals surface area contributed by atoms with Gasteiger partial charge in [0.2, 0.25) is 5.91 Å². The summed E-state index contributed by atoms with van der Waals surface area (Å²) in [5.74, 6) is -0.646. The second-order valence-electron chi connectivity index (χ2n) is 4.53. The Labute approximate surface area is 122 Å². The van der Waals surface area contributed by atoms with Crippen molar-refractivity contribution in [3.8, 4) is 0 Å². The van der Waals surface area contributed by atoms with Gasteiger partial charge in [-0.2, -0.15) is 0 Å². The monoisotopic (exact) mass is 292 g/mol. The quantitative estimate of drug-likeness (QED) is 0.892. The van der Waals surface area contributed by atoms with E-state index in [4.69, 9.17) is 0 Å². The number of amides is 1. The minimum atomic E-state index is -0.425. The smallest absolute Gasteiger partial charge is 0.247 e. The van der Waals surface area contributed by atoms with Crippen LogP contribution in [0.25, 0.3) is 0 Å². The topological polar surface area (TPSA) is 41.1 Å². The Morgan fingerprint density at radius 3 is 2.60 bits per heavy atom. The van der Waals surface area contributed by atoms with E-state index in [9.17, 15) is 9.18 Å². The fourth-order valence-electron chi connectivity index (χ4n) is 2.24. The number of fused-ring (bicyclic) bond motifs is 1. The van der Waals surface area contributed by atoms with Crippen molar-refractivity contribution in [2.45, 2.75) is 12.5 Å². The number of nitrogens with one attached hydrogen (secondary N) is 2. The van der Waals surface area contributed by atoms with Crippen molar-refractivity contribution < 1.29 is 9.18 Å². The summed E-state index contributed by atoms with van der Waals surface area (Å²) in [5, 5.41) is 5.75. The van der Waals surface area contributed by atoms with Crippen LogP contribution in [0.4, 0.5) is 15.8 Å². The summed E-state index contributed by atoms with van der Waals surface area (Å²) in [6.45, 7) is 0. The van der Waals surface area contributed by atoms with E-state index < -0.39 is 5.82 Å². The molecule has 0 spiro atoms. The lowest BCUT2D eigenvalue weighted by molar-refractivity contribution is -0.116. The van der Waals surface area contributed by atoms with E-state index in [1.165, 1.54) is 6.07 Å². The van der Waals surface area contributed by atoms with Crippen LogP contribution in [0.15, 0.2) is 48.5 Å². The predicted molar refractivity (Wildman–Crippen MR) is 79.8 cm³/mol. The summed E-state index contributed by atoms with van der Waals surface area (Å²) in [7, 11) is 0. The maximum Gasteiger partial charge on any atom is 0.247 e. The summed E-state index contributed by atoms with van der Waals surface area (Å²) in [6, 6.07) is 13.6. The van der Waals surface area contributed by atoms with Crippen LogP contribution in [0.1, 0.15) is 5.56 Å². The molecule has 3 nitrogen and oxygen atoms in total. The molecule has 0 saturated carbocycles. The van der Waals surface area contributed by atoms with Crippen LogP contribution in [0, 0.1) is 5.82 Å². The molecular weight excluding hydrogens is 279 g/mol. The van der Waals surface area contributed by atoms with E-state index in [0.29, 0.717) is 6.42 Å². The molecule has 0 aromatic heterocycles. The standard InChI is InChI=1S/C15H13FN2O.ClH/c16-11-6-2-4-8-13(11)18-15(19)14-9-10-5-1-3-7-12(10)17-14;/h1-8,14,17H,9H2,(H,18,19);1H. The molecule has 1 atom stereocenters. The molecule has 5 heteroatoms. The number of carbonyl (C=O) groups excluding carboxylic acids is 1. The number of rotatable bonds is 2. The first-order valence-electron chi connectivity index (χ1n) is 6.14. The Morgan fingerprint density at radius 2 is 1.85 bits per heavy atom. The minimum Gasteiger partial charge on any atom is -0.373 e. The normalized spacial score (nSPS) is 15.8. The lowest BCUT2D eigenvalue weighted by Gasteiger charge is -2.12. The summed E-state index contributed by atoms with van der Waals surface area (Å²) in [6.07, 6.45) is 0.621. The van der Waals surface area contributed by atoms with Gasteiger partial charge in [-0.1, -0.05) is 30.3 Å². The van der Waals surface area contributed by atoms with Crippen LogP contribution < -0.4 is 10.6 Å². The predicted octanol–water partition coefficient (Wildman–Crippen LogP) is 3.22. The molecule has 0 saturated heterocycles. The third kappa shape index (κ3) is 2.75. The zero-order chi connectivity index (χ0) is 13.2. The van der Waals surface area contributed by atoms with Gasteiger partial charge < -0.3 is 10.6 Å². The minimum absolute atomic E-state index is 0. The molecule has 20 heavy (non-hydrogen) atoms. The third-order valence-electron chi connectivity index (χ3n) is 3.22. The van der Waals surface area contributed by atoms with Crippen LogP contribution in [0.3, 0.4) is 0 Å². The number of benzene rings is 2. The molecule has 0 fully saturated rings. The van der Waals surface area contributed by atoms with Crippen molar-refractivity contribution in [2.75, 3.05) is 10.6 Å². The average Bonchev–Trinajstić information content (AvgIpc) is 2.85. The lowest BCUT2D eigenvalue weighted by atomic mass is 10.1. The third-order valence-corrected chi connectivity index (χ3v) is 3.22. The van der Waals surface area contributed by atoms with Gasteiger partial charge in [0.1, 0.15) is 11.9 Å². The molecule has 2 aromatic rings. The van der Waals surface area contributed by atoms with Gasteiger partial charge in [0.25, 0.3) is 0 Å². The Kier molecular flexibility index (Phi) is 4.25. The largest absolute Gasteiger partial charge is 0.373 e. The highest BCUT2D eigenvalue weighted by molar-refractivity contribution is 5.98.